The number of anilines is 2. The van der Waals surface area contributed by atoms with Gasteiger partial charge in [0, 0.05) is 37.8 Å². The van der Waals surface area contributed by atoms with Crippen molar-refractivity contribution in [2.45, 2.75) is 25.3 Å². The molecule has 0 bridgehead atoms. The number of nitrogens with zero attached hydrogens (tertiary/aromatic N) is 6. The zero-order valence-corrected chi connectivity index (χ0v) is 15.0. The van der Waals surface area contributed by atoms with Crippen molar-refractivity contribution in [3.05, 3.63) is 48.7 Å². The van der Waals surface area contributed by atoms with E-state index in [9.17, 15) is 8.78 Å². The molecule has 0 N–H and O–H groups in total. The fourth-order valence-corrected chi connectivity index (χ4v) is 3.56. The maximum absolute atomic E-state index is 13.2. The van der Waals surface area contributed by atoms with E-state index >= 15 is 0 Å². The second-order valence-electron chi connectivity index (χ2n) is 6.62. The van der Waals surface area contributed by atoms with Crippen molar-refractivity contribution in [1.82, 2.24) is 19.9 Å². The van der Waals surface area contributed by atoms with Gasteiger partial charge in [-0.1, -0.05) is 12.1 Å². The maximum Gasteiger partial charge on any atom is 0.297 e. The third kappa shape index (κ3) is 3.51. The van der Waals surface area contributed by atoms with Gasteiger partial charge in [0.2, 0.25) is 0 Å². The molecular weight excluding hydrogens is 350 g/mol. The molecule has 0 atom stereocenters. The van der Waals surface area contributed by atoms with Crippen molar-refractivity contribution in [3.8, 4) is 0 Å². The van der Waals surface area contributed by atoms with E-state index in [1.54, 1.807) is 24.7 Å². The summed E-state index contributed by atoms with van der Waals surface area (Å²) in [6.07, 6.45) is 2.37. The Balaban J connectivity index is 1.56. The highest BCUT2D eigenvalue weighted by atomic mass is 19.3. The lowest BCUT2D eigenvalue weighted by Crippen LogP contribution is -2.44. The number of benzene rings is 1. The first-order valence-corrected chi connectivity index (χ1v) is 8.92. The Morgan fingerprint density at radius 3 is 2.59 bits per heavy atom. The number of para-hydroxylation sites is 1. The summed E-state index contributed by atoms with van der Waals surface area (Å²) < 4.78 is 26.5. The molecule has 0 aliphatic carbocycles. The molecule has 8 heteroatoms. The van der Waals surface area contributed by atoms with E-state index in [1.807, 2.05) is 25.2 Å². The molecular formula is C19H20F2N6. The van der Waals surface area contributed by atoms with Gasteiger partial charge in [-0.15, -0.1) is 0 Å². The van der Waals surface area contributed by atoms with Crippen LogP contribution in [0.15, 0.2) is 42.9 Å². The third-order valence-corrected chi connectivity index (χ3v) is 5.04. The average Bonchev–Trinajstić information content (AvgIpc) is 2.73. The topological polar surface area (TPSA) is 58.0 Å². The SMILES string of the molecule is CN(c1ccncn1)C1CCN(c2nc(C(F)F)nc3ccccc23)CC1. The molecule has 3 heterocycles. The van der Waals surface area contributed by atoms with Crippen molar-refractivity contribution in [2.75, 3.05) is 29.9 Å². The van der Waals surface area contributed by atoms with Gasteiger partial charge < -0.3 is 9.80 Å². The number of halogens is 2. The molecule has 0 spiro atoms. The minimum absolute atomic E-state index is 0.332. The molecule has 1 saturated heterocycles. The van der Waals surface area contributed by atoms with Gasteiger partial charge in [0.05, 0.1) is 5.52 Å². The standard InChI is InChI=1S/C19H20F2N6/c1-26(16-6-9-22-12-23-16)13-7-10-27(11-8-13)19-14-4-2-3-5-15(14)24-18(25-19)17(20)21/h2-6,9,12-13,17H,7-8,10-11H2,1H3. The highest BCUT2D eigenvalue weighted by molar-refractivity contribution is 5.89. The maximum atomic E-state index is 13.2. The number of rotatable bonds is 4. The lowest BCUT2D eigenvalue weighted by Gasteiger charge is -2.38. The Labute approximate surface area is 155 Å². The molecule has 2 aromatic heterocycles. The van der Waals surface area contributed by atoms with Crippen LogP contribution in [-0.4, -0.2) is 46.1 Å². The van der Waals surface area contributed by atoms with Crippen LogP contribution < -0.4 is 9.80 Å². The molecule has 1 aromatic carbocycles. The minimum atomic E-state index is -2.69. The number of alkyl halides is 2. The number of fused-ring (bicyclic) bond motifs is 1. The van der Waals surface area contributed by atoms with Gasteiger partial charge in [-0.3, -0.25) is 0 Å². The molecule has 0 amide bonds. The quantitative estimate of drug-likeness (QED) is 0.701. The first kappa shape index (κ1) is 17.5. The molecule has 140 valence electrons. The minimum Gasteiger partial charge on any atom is -0.356 e. The monoisotopic (exact) mass is 370 g/mol. The van der Waals surface area contributed by atoms with Crippen molar-refractivity contribution < 1.29 is 8.78 Å². The highest BCUT2D eigenvalue weighted by Crippen LogP contribution is 2.30. The zero-order valence-electron chi connectivity index (χ0n) is 15.0. The van der Waals surface area contributed by atoms with E-state index < -0.39 is 12.2 Å². The number of aromatic nitrogens is 4. The lowest BCUT2D eigenvalue weighted by molar-refractivity contribution is 0.141. The number of hydrogen-bond donors (Lipinski definition) is 0. The van der Waals surface area contributed by atoms with E-state index in [2.05, 4.69) is 29.7 Å². The first-order valence-electron chi connectivity index (χ1n) is 8.92. The van der Waals surface area contributed by atoms with Gasteiger partial charge >= 0.3 is 0 Å². The van der Waals surface area contributed by atoms with Crippen LogP contribution >= 0.6 is 0 Å². The van der Waals surface area contributed by atoms with Gasteiger partial charge in [0.25, 0.3) is 6.43 Å². The van der Waals surface area contributed by atoms with Crippen LogP contribution in [0.1, 0.15) is 25.1 Å². The molecule has 0 unspecified atom stereocenters. The summed E-state index contributed by atoms with van der Waals surface area (Å²) >= 11 is 0. The molecule has 0 saturated carbocycles. The number of hydrogen-bond acceptors (Lipinski definition) is 6. The van der Waals surface area contributed by atoms with E-state index in [0.29, 0.717) is 17.4 Å². The summed E-state index contributed by atoms with van der Waals surface area (Å²) in [5, 5.41) is 0.810. The molecule has 1 aliphatic heterocycles. The van der Waals surface area contributed by atoms with E-state index in [4.69, 9.17) is 0 Å². The Morgan fingerprint density at radius 2 is 1.89 bits per heavy atom. The van der Waals surface area contributed by atoms with Gasteiger partial charge in [-0.05, 0) is 31.0 Å². The van der Waals surface area contributed by atoms with Crippen LogP contribution in [0.25, 0.3) is 10.9 Å². The molecule has 1 fully saturated rings. The van der Waals surface area contributed by atoms with Gasteiger partial charge in [0.15, 0.2) is 5.82 Å². The Kier molecular flexibility index (Phi) is 4.79. The Bertz CT molecular complexity index is 912. The third-order valence-electron chi connectivity index (χ3n) is 5.04. The second-order valence-corrected chi connectivity index (χ2v) is 6.62. The van der Waals surface area contributed by atoms with Gasteiger partial charge in [-0.2, -0.15) is 0 Å². The summed E-state index contributed by atoms with van der Waals surface area (Å²) in [5.41, 5.74) is 0.554. The summed E-state index contributed by atoms with van der Waals surface area (Å²) in [4.78, 5) is 20.7. The summed E-state index contributed by atoms with van der Waals surface area (Å²) in [5.74, 6) is 1.07. The van der Waals surface area contributed by atoms with E-state index in [1.165, 1.54) is 0 Å². The van der Waals surface area contributed by atoms with Crippen molar-refractivity contribution in [1.29, 1.82) is 0 Å². The summed E-state index contributed by atoms with van der Waals surface area (Å²) in [6.45, 7) is 1.48. The largest absolute Gasteiger partial charge is 0.356 e. The molecule has 27 heavy (non-hydrogen) atoms. The summed E-state index contributed by atoms with van der Waals surface area (Å²) in [6, 6.07) is 9.54. The van der Waals surface area contributed by atoms with Crippen molar-refractivity contribution >= 4 is 22.5 Å². The highest BCUT2D eigenvalue weighted by Gasteiger charge is 2.26. The predicted molar refractivity (Wildman–Crippen MR) is 100 cm³/mol. The van der Waals surface area contributed by atoms with E-state index in [-0.39, 0.29) is 0 Å². The average molecular weight is 370 g/mol. The van der Waals surface area contributed by atoms with Crippen molar-refractivity contribution in [3.63, 3.8) is 0 Å². The molecule has 0 radical (unpaired) electrons. The van der Waals surface area contributed by atoms with Gasteiger partial charge in [0.1, 0.15) is 18.0 Å². The second kappa shape index (κ2) is 7.38. The molecule has 1 aliphatic rings. The van der Waals surface area contributed by atoms with Crippen LogP contribution in [0.3, 0.4) is 0 Å². The molecule has 3 aromatic rings. The van der Waals surface area contributed by atoms with Crippen LogP contribution in [0.5, 0.6) is 0 Å². The molecule has 6 nitrogen and oxygen atoms in total. The fourth-order valence-electron chi connectivity index (χ4n) is 3.56. The first-order chi connectivity index (χ1) is 13.1. The van der Waals surface area contributed by atoms with Gasteiger partial charge in [-0.25, -0.2) is 28.7 Å². The summed E-state index contributed by atoms with van der Waals surface area (Å²) in [7, 11) is 2.03. The zero-order chi connectivity index (χ0) is 18.8. The van der Waals surface area contributed by atoms with Crippen LogP contribution in [0.2, 0.25) is 0 Å². The fraction of sp³-hybridized carbons (Fsp3) is 0.368. The van der Waals surface area contributed by atoms with Crippen LogP contribution in [0.4, 0.5) is 20.4 Å². The van der Waals surface area contributed by atoms with E-state index in [0.717, 1.165) is 37.1 Å². The normalized spacial score (nSPS) is 15.5. The van der Waals surface area contributed by atoms with Crippen LogP contribution in [-0.2, 0) is 0 Å². The smallest absolute Gasteiger partial charge is 0.297 e. The predicted octanol–water partition coefficient (Wildman–Crippen LogP) is 3.46. The Morgan fingerprint density at radius 1 is 1.11 bits per heavy atom. The van der Waals surface area contributed by atoms with Crippen molar-refractivity contribution in [2.24, 2.45) is 0 Å². The van der Waals surface area contributed by atoms with Crippen LogP contribution in [0, 0.1) is 0 Å². The Hall–Kier alpha value is -2.90. The lowest BCUT2D eigenvalue weighted by atomic mass is 10.0. The number of piperidine rings is 1. The molecule has 4 rings (SSSR count).